The molecule has 1 aromatic carbocycles. The Labute approximate surface area is 102 Å². The van der Waals surface area contributed by atoms with Gasteiger partial charge in [-0.1, -0.05) is 0 Å². The number of aryl methyl sites for hydroxylation is 1. The largest absolute Gasteiger partial charge is 0.341 e. The Balaban J connectivity index is 2.49. The molecule has 0 fully saturated rings. The summed E-state index contributed by atoms with van der Waals surface area (Å²) >= 11 is 0. The van der Waals surface area contributed by atoms with Crippen molar-refractivity contribution in [1.82, 2.24) is 9.47 Å². The predicted octanol–water partition coefficient (Wildman–Crippen LogP) is 3.21. The van der Waals surface area contributed by atoms with E-state index in [1.54, 1.807) is 6.07 Å². The number of nitrogens with zero attached hydrogens (tertiary/aromatic N) is 2. The number of rotatable bonds is 3. The second kappa shape index (κ2) is 4.49. The second-order valence-electron chi connectivity index (χ2n) is 4.97. The Morgan fingerprint density at radius 3 is 2.65 bits per heavy atom. The molecule has 1 atom stereocenters. The van der Waals surface area contributed by atoms with Crippen LogP contribution >= 0.6 is 0 Å². The van der Waals surface area contributed by atoms with E-state index in [1.807, 2.05) is 12.1 Å². The van der Waals surface area contributed by atoms with E-state index in [2.05, 4.69) is 37.4 Å². The molecule has 1 aromatic heterocycles. The molecule has 0 aliphatic rings. The van der Waals surface area contributed by atoms with Crippen LogP contribution in [0.5, 0.6) is 0 Å². The van der Waals surface area contributed by atoms with E-state index in [1.165, 1.54) is 11.8 Å². The standard InChI is InChI=1S/C14H19FN2/c1-10-7-12-8-13(15)5-6-14(12)17(10)11(2)9-16(3)4/h5-8,11H,9H2,1-4H3. The highest BCUT2D eigenvalue weighted by molar-refractivity contribution is 5.81. The van der Waals surface area contributed by atoms with Gasteiger partial charge in [-0.2, -0.15) is 0 Å². The lowest BCUT2D eigenvalue weighted by molar-refractivity contribution is 0.339. The molecule has 0 amide bonds. The molecule has 0 saturated carbocycles. The normalized spacial score (nSPS) is 13.5. The summed E-state index contributed by atoms with van der Waals surface area (Å²) in [7, 11) is 4.13. The minimum absolute atomic E-state index is 0.171. The average Bonchev–Trinajstić information content (AvgIpc) is 2.51. The van der Waals surface area contributed by atoms with Crippen molar-refractivity contribution in [3.05, 3.63) is 35.8 Å². The van der Waals surface area contributed by atoms with Gasteiger partial charge in [0.05, 0.1) is 0 Å². The maximum Gasteiger partial charge on any atom is 0.123 e. The molecule has 0 N–H and O–H groups in total. The third-order valence-electron chi connectivity index (χ3n) is 3.06. The fourth-order valence-electron chi connectivity index (χ4n) is 2.54. The van der Waals surface area contributed by atoms with Crippen LogP contribution < -0.4 is 0 Å². The van der Waals surface area contributed by atoms with Gasteiger partial charge in [0.1, 0.15) is 5.82 Å². The lowest BCUT2D eigenvalue weighted by Crippen LogP contribution is -2.22. The maximum absolute atomic E-state index is 13.2. The molecule has 0 spiro atoms. The number of aromatic nitrogens is 1. The van der Waals surface area contributed by atoms with Crippen molar-refractivity contribution < 1.29 is 4.39 Å². The average molecular weight is 234 g/mol. The topological polar surface area (TPSA) is 8.17 Å². The molecule has 0 saturated heterocycles. The fourth-order valence-corrected chi connectivity index (χ4v) is 2.54. The van der Waals surface area contributed by atoms with E-state index in [0.717, 1.165) is 17.4 Å². The van der Waals surface area contributed by atoms with Crippen LogP contribution in [0.1, 0.15) is 18.7 Å². The summed E-state index contributed by atoms with van der Waals surface area (Å²) in [5, 5.41) is 0.980. The van der Waals surface area contributed by atoms with Gasteiger partial charge in [0.2, 0.25) is 0 Å². The van der Waals surface area contributed by atoms with Crippen molar-refractivity contribution in [2.45, 2.75) is 19.9 Å². The van der Waals surface area contributed by atoms with Gasteiger partial charge in [0.25, 0.3) is 0 Å². The monoisotopic (exact) mass is 234 g/mol. The van der Waals surface area contributed by atoms with Gasteiger partial charge in [-0.25, -0.2) is 4.39 Å². The van der Waals surface area contributed by atoms with Crippen molar-refractivity contribution in [3.63, 3.8) is 0 Å². The first-order chi connectivity index (χ1) is 7.99. The summed E-state index contributed by atoms with van der Waals surface area (Å²) in [6, 6.07) is 7.42. The lowest BCUT2D eigenvalue weighted by atomic mass is 10.2. The van der Waals surface area contributed by atoms with E-state index in [9.17, 15) is 4.39 Å². The molecular weight excluding hydrogens is 215 g/mol. The number of hydrogen-bond donors (Lipinski definition) is 0. The van der Waals surface area contributed by atoms with Crippen molar-refractivity contribution in [2.24, 2.45) is 0 Å². The summed E-state index contributed by atoms with van der Waals surface area (Å²) in [4.78, 5) is 2.17. The van der Waals surface area contributed by atoms with Crippen molar-refractivity contribution >= 4 is 10.9 Å². The zero-order chi connectivity index (χ0) is 12.6. The zero-order valence-electron chi connectivity index (χ0n) is 10.9. The van der Waals surface area contributed by atoms with Gasteiger partial charge >= 0.3 is 0 Å². The van der Waals surface area contributed by atoms with Crippen LogP contribution in [0.4, 0.5) is 4.39 Å². The Morgan fingerprint density at radius 2 is 2.00 bits per heavy atom. The highest BCUT2D eigenvalue weighted by atomic mass is 19.1. The molecule has 0 bridgehead atoms. The van der Waals surface area contributed by atoms with E-state index >= 15 is 0 Å². The van der Waals surface area contributed by atoms with E-state index in [4.69, 9.17) is 0 Å². The van der Waals surface area contributed by atoms with E-state index < -0.39 is 0 Å². The van der Waals surface area contributed by atoms with Crippen LogP contribution in [-0.2, 0) is 0 Å². The molecule has 2 aromatic rings. The third-order valence-corrected chi connectivity index (χ3v) is 3.06. The van der Waals surface area contributed by atoms with Crippen LogP contribution in [0.15, 0.2) is 24.3 Å². The highest BCUT2D eigenvalue weighted by Gasteiger charge is 2.12. The van der Waals surface area contributed by atoms with Crippen molar-refractivity contribution in [3.8, 4) is 0 Å². The van der Waals surface area contributed by atoms with Crippen LogP contribution in [-0.4, -0.2) is 30.1 Å². The first kappa shape index (κ1) is 12.1. The molecule has 1 heterocycles. The van der Waals surface area contributed by atoms with Crippen LogP contribution in [0, 0.1) is 12.7 Å². The van der Waals surface area contributed by atoms with Gasteiger partial charge < -0.3 is 9.47 Å². The SMILES string of the molecule is Cc1cc2cc(F)ccc2n1C(C)CN(C)C. The Kier molecular flexibility index (Phi) is 3.20. The minimum Gasteiger partial charge on any atom is -0.341 e. The Hall–Kier alpha value is -1.35. The van der Waals surface area contributed by atoms with Crippen LogP contribution in [0.2, 0.25) is 0 Å². The molecular formula is C14H19FN2. The van der Waals surface area contributed by atoms with Gasteiger partial charge in [-0.15, -0.1) is 0 Å². The Bertz CT molecular complexity index is 528. The number of likely N-dealkylation sites (N-methyl/N-ethyl adjacent to an activating group) is 1. The smallest absolute Gasteiger partial charge is 0.123 e. The van der Waals surface area contributed by atoms with Gasteiger partial charge in [0, 0.05) is 29.2 Å². The fraction of sp³-hybridized carbons (Fsp3) is 0.429. The molecule has 2 rings (SSSR count). The molecule has 92 valence electrons. The number of halogens is 1. The second-order valence-corrected chi connectivity index (χ2v) is 4.97. The summed E-state index contributed by atoms with van der Waals surface area (Å²) in [5.74, 6) is -0.171. The summed E-state index contributed by atoms with van der Waals surface area (Å²) in [6.45, 7) is 5.24. The van der Waals surface area contributed by atoms with Crippen molar-refractivity contribution in [2.75, 3.05) is 20.6 Å². The number of hydrogen-bond acceptors (Lipinski definition) is 1. The molecule has 2 nitrogen and oxygen atoms in total. The minimum atomic E-state index is -0.171. The van der Waals surface area contributed by atoms with Crippen LogP contribution in [0.3, 0.4) is 0 Å². The molecule has 3 heteroatoms. The quantitative estimate of drug-likeness (QED) is 0.791. The summed E-state index contributed by atoms with van der Waals surface area (Å²) in [5.41, 5.74) is 2.29. The highest BCUT2D eigenvalue weighted by Crippen LogP contribution is 2.24. The zero-order valence-corrected chi connectivity index (χ0v) is 10.9. The third kappa shape index (κ3) is 2.34. The summed E-state index contributed by atoms with van der Waals surface area (Å²) < 4.78 is 15.4. The first-order valence-electron chi connectivity index (χ1n) is 5.91. The molecule has 0 radical (unpaired) electrons. The number of fused-ring (bicyclic) bond motifs is 1. The first-order valence-corrected chi connectivity index (χ1v) is 5.91. The van der Waals surface area contributed by atoms with E-state index in [0.29, 0.717) is 6.04 Å². The van der Waals surface area contributed by atoms with E-state index in [-0.39, 0.29) is 5.82 Å². The van der Waals surface area contributed by atoms with Crippen LogP contribution in [0.25, 0.3) is 10.9 Å². The molecule has 0 aliphatic heterocycles. The maximum atomic E-state index is 13.2. The van der Waals surface area contributed by atoms with Crippen molar-refractivity contribution in [1.29, 1.82) is 0 Å². The lowest BCUT2D eigenvalue weighted by Gasteiger charge is -2.21. The molecule has 1 unspecified atom stereocenters. The predicted molar refractivity (Wildman–Crippen MR) is 69.9 cm³/mol. The molecule has 17 heavy (non-hydrogen) atoms. The van der Waals surface area contributed by atoms with Gasteiger partial charge in [-0.05, 0) is 52.2 Å². The van der Waals surface area contributed by atoms with Gasteiger partial charge in [0.15, 0.2) is 0 Å². The van der Waals surface area contributed by atoms with Gasteiger partial charge in [-0.3, -0.25) is 0 Å². The summed E-state index contributed by atoms with van der Waals surface area (Å²) in [6.07, 6.45) is 0. The Morgan fingerprint density at radius 1 is 1.29 bits per heavy atom. The molecule has 0 aliphatic carbocycles. The number of benzene rings is 1.